The van der Waals surface area contributed by atoms with Crippen molar-refractivity contribution in [3.05, 3.63) is 48.4 Å². The fourth-order valence-corrected chi connectivity index (χ4v) is 2.70. The molecule has 9 heteroatoms. The van der Waals surface area contributed by atoms with Gasteiger partial charge in [0.1, 0.15) is 5.75 Å². The number of ether oxygens (including phenoxy) is 1. The predicted molar refractivity (Wildman–Crippen MR) is 109 cm³/mol. The average molecular weight is 414 g/mol. The van der Waals surface area contributed by atoms with Gasteiger partial charge in [-0.05, 0) is 31.2 Å². The normalized spacial score (nSPS) is 13.8. The molecule has 2 aromatic rings. The first-order valence-electron chi connectivity index (χ1n) is 8.56. The van der Waals surface area contributed by atoms with E-state index in [4.69, 9.17) is 4.74 Å². The van der Waals surface area contributed by atoms with Gasteiger partial charge >= 0.3 is 0 Å². The number of nitrogens with one attached hydrogen (secondary N) is 2. The monoisotopic (exact) mass is 413 g/mol. The number of nitrogens with zero attached hydrogens (tertiary/aromatic N) is 3. The van der Waals surface area contributed by atoms with Crippen molar-refractivity contribution < 1.29 is 9.53 Å². The molecule has 1 saturated heterocycles. The van der Waals surface area contributed by atoms with E-state index in [9.17, 15) is 4.79 Å². The van der Waals surface area contributed by atoms with E-state index in [0.29, 0.717) is 23.7 Å². The van der Waals surface area contributed by atoms with E-state index in [1.54, 1.807) is 36.7 Å². The Morgan fingerprint density at radius 3 is 2.78 bits per heavy atom. The van der Waals surface area contributed by atoms with Crippen LogP contribution in [0.5, 0.6) is 11.6 Å². The van der Waals surface area contributed by atoms with Crippen LogP contribution < -0.4 is 15.4 Å². The first kappa shape index (κ1) is 23.1. The lowest BCUT2D eigenvalue weighted by Crippen LogP contribution is -2.44. The minimum atomic E-state index is -0.0927. The first-order chi connectivity index (χ1) is 12.3. The van der Waals surface area contributed by atoms with E-state index in [-0.39, 0.29) is 30.7 Å². The molecule has 1 fully saturated rings. The molecule has 0 unspecified atom stereocenters. The van der Waals surface area contributed by atoms with Crippen LogP contribution in [0.1, 0.15) is 16.8 Å². The van der Waals surface area contributed by atoms with Gasteiger partial charge < -0.3 is 20.3 Å². The van der Waals surface area contributed by atoms with Crippen molar-refractivity contribution in [2.75, 3.05) is 39.3 Å². The number of benzene rings is 1. The van der Waals surface area contributed by atoms with Crippen LogP contribution in [0.2, 0.25) is 0 Å². The molecule has 0 aliphatic carbocycles. The lowest BCUT2D eigenvalue weighted by atomic mass is 10.2. The Morgan fingerprint density at radius 2 is 2.04 bits per heavy atom. The van der Waals surface area contributed by atoms with Crippen molar-refractivity contribution in [2.24, 2.45) is 0 Å². The van der Waals surface area contributed by atoms with Crippen molar-refractivity contribution in [3.63, 3.8) is 0 Å². The van der Waals surface area contributed by atoms with E-state index in [0.717, 1.165) is 39.1 Å². The molecule has 1 amide bonds. The van der Waals surface area contributed by atoms with E-state index in [1.807, 2.05) is 0 Å². The maximum Gasteiger partial charge on any atom is 0.251 e. The molecule has 27 heavy (non-hydrogen) atoms. The van der Waals surface area contributed by atoms with Crippen LogP contribution in [0.4, 0.5) is 0 Å². The third-order valence-corrected chi connectivity index (χ3v) is 4.00. The zero-order chi connectivity index (χ0) is 17.3. The minimum absolute atomic E-state index is 0. The van der Waals surface area contributed by atoms with Gasteiger partial charge in [0.2, 0.25) is 5.88 Å². The number of aromatic nitrogens is 2. The molecule has 148 valence electrons. The summed E-state index contributed by atoms with van der Waals surface area (Å²) in [5, 5.41) is 6.30. The molecular weight excluding hydrogens is 389 g/mol. The standard InChI is InChI=1S/C18H23N5O2.2ClH/c24-18(22-5-2-10-23-11-8-19-9-12-23)15-3-1-4-16(13-15)25-17-14-20-6-7-21-17;;/h1,3-4,6-7,13-14,19H,2,5,8-12H2,(H,22,24);2*1H. The Kier molecular flexibility index (Phi) is 10.7. The number of halogens is 2. The number of hydrogen-bond donors (Lipinski definition) is 2. The number of hydrogen-bond acceptors (Lipinski definition) is 6. The summed E-state index contributed by atoms with van der Waals surface area (Å²) in [5.41, 5.74) is 0.573. The third-order valence-electron chi connectivity index (χ3n) is 4.00. The maximum atomic E-state index is 12.3. The van der Waals surface area contributed by atoms with Gasteiger partial charge in [-0.25, -0.2) is 4.98 Å². The Hall–Kier alpha value is -1.93. The summed E-state index contributed by atoms with van der Waals surface area (Å²) in [5.74, 6) is 0.870. The fourth-order valence-electron chi connectivity index (χ4n) is 2.70. The largest absolute Gasteiger partial charge is 0.437 e. The SMILES string of the molecule is Cl.Cl.O=C(NCCCN1CCNCC1)c1cccc(Oc2cnccn2)c1. The van der Waals surface area contributed by atoms with Gasteiger partial charge in [0.15, 0.2) is 0 Å². The summed E-state index contributed by atoms with van der Waals surface area (Å²) in [4.78, 5) is 22.7. The molecule has 7 nitrogen and oxygen atoms in total. The Morgan fingerprint density at radius 1 is 1.22 bits per heavy atom. The lowest BCUT2D eigenvalue weighted by molar-refractivity contribution is 0.0951. The quantitative estimate of drug-likeness (QED) is 0.676. The molecule has 2 heterocycles. The third kappa shape index (κ3) is 7.68. The molecule has 0 bridgehead atoms. The number of piperazine rings is 1. The zero-order valence-corrected chi connectivity index (χ0v) is 16.6. The van der Waals surface area contributed by atoms with Gasteiger partial charge in [-0.2, -0.15) is 0 Å². The summed E-state index contributed by atoms with van der Waals surface area (Å²) < 4.78 is 5.61. The van der Waals surface area contributed by atoms with Gasteiger partial charge in [0.05, 0.1) is 6.20 Å². The van der Waals surface area contributed by atoms with Crippen molar-refractivity contribution >= 4 is 30.7 Å². The van der Waals surface area contributed by atoms with Crippen LogP contribution in [0, 0.1) is 0 Å². The second-order valence-electron chi connectivity index (χ2n) is 5.87. The molecule has 3 rings (SSSR count). The van der Waals surface area contributed by atoms with Gasteiger partial charge in [-0.3, -0.25) is 9.78 Å². The highest BCUT2D eigenvalue weighted by Gasteiger charge is 2.10. The highest BCUT2D eigenvalue weighted by Crippen LogP contribution is 2.19. The van der Waals surface area contributed by atoms with Crippen molar-refractivity contribution in [2.45, 2.75) is 6.42 Å². The molecule has 0 spiro atoms. The smallest absolute Gasteiger partial charge is 0.251 e. The number of carbonyl (C=O) groups excluding carboxylic acids is 1. The topological polar surface area (TPSA) is 79.4 Å². The summed E-state index contributed by atoms with van der Waals surface area (Å²) >= 11 is 0. The van der Waals surface area contributed by atoms with Gasteiger partial charge in [-0.15, -0.1) is 24.8 Å². The number of carbonyl (C=O) groups is 1. The summed E-state index contributed by atoms with van der Waals surface area (Å²) in [6.45, 7) is 5.93. The molecule has 1 aromatic heterocycles. The van der Waals surface area contributed by atoms with Crippen LogP contribution in [0.25, 0.3) is 0 Å². The highest BCUT2D eigenvalue weighted by atomic mass is 35.5. The Bertz CT molecular complexity index is 684. The summed E-state index contributed by atoms with van der Waals surface area (Å²) in [7, 11) is 0. The Balaban J connectivity index is 0.00000182. The summed E-state index contributed by atoms with van der Waals surface area (Å²) in [6, 6.07) is 7.06. The maximum absolute atomic E-state index is 12.3. The fraction of sp³-hybridized carbons (Fsp3) is 0.389. The van der Waals surface area contributed by atoms with Gasteiger partial charge in [0, 0.05) is 50.7 Å². The van der Waals surface area contributed by atoms with E-state index in [2.05, 4.69) is 25.5 Å². The van der Waals surface area contributed by atoms with Crippen LogP contribution in [0.15, 0.2) is 42.9 Å². The Labute approximate surface area is 171 Å². The second-order valence-corrected chi connectivity index (χ2v) is 5.87. The molecule has 1 aromatic carbocycles. The minimum Gasteiger partial charge on any atom is -0.437 e. The molecule has 0 saturated carbocycles. The number of rotatable bonds is 7. The average Bonchev–Trinajstić information content (AvgIpc) is 2.67. The van der Waals surface area contributed by atoms with E-state index < -0.39 is 0 Å². The molecule has 1 aliphatic rings. The van der Waals surface area contributed by atoms with Gasteiger partial charge in [-0.1, -0.05) is 6.07 Å². The zero-order valence-electron chi connectivity index (χ0n) is 15.0. The summed E-state index contributed by atoms with van der Waals surface area (Å²) in [6.07, 6.45) is 5.62. The predicted octanol–water partition coefficient (Wildman–Crippen LogP) is 2.14. The van der Waals surface area contributed by atoms with E-state index in [1.165, 1.54) is 6.20 Å². The molecule has 1 aliphatic heterocycles. The molecule has 0 radical (unpaired) electrons. The highest BCUT2D eigenvalue weighted by molar-refractivity contribution is 5.94. The molecular formula is C18H25Cl2N5O2. The van der Waals surface area contributed by atoms with Crippen LogP contribution >= 0.6 is 24.8 Å². The van der Waals surface area contributed by atoms with Gasteiger partial charge in [0.25, 0.3) is 5.91 Å². The van der Waals surface area contributed by atoms with E-state index >= 15 is 0 Å². The van der Waals surface area contributed by atoms with Crippen molar-refractivity contribution in [3.8, 4) is 11.6 Å². The van der Waals surface area contributed by atoms with Crippen LogP contribution in [-0.2, 0) is 0 Å². The van der Waals surface area contributed by atoms with Crippen molar-refractivity contribution in [1.82, 2.24) is 25.5 Å². The lowest BCUT2D eigenvalue weighted by Gasteiger charge is -2.27. The van der Waals surface area contributed by atoms with Crippen LogP contribution in [-0.4, -0.2) is 60.0 Å². The van der Waals surface area contributed by atoms with Crippen molar-refractivity contribution in [1.29, 1.82) is 0 Å². The molecule has 2 N–H and O–H groups in total. The number of amides is 1. The first-order valence-corrected chi connectivity index (χ1v) is 8.56. The van der Waals surface area contributed by atoms with Crippen LogP contribution in [0.3, 0.4) is 0 Å². The second kappa shape index (κ2) is 12.5. The molecule has 0 atom stereocenters.